The molecule has 1 aromatic rings. The fourth-order valence-corrected chi connectivity index (χ4v) is 3.40. The van der Waals surface area contributed by atoms with Gasteiger partial charge in [-0.2, -0.15) is 0 Å². The van der Waals surface area contributed by atoms with Crippen LogP contribution in [0.2, 0.25) is 0 Å². The highest BCUT2D eigenvalue weighted by atomic mass is 19.1. The Balaban J connectivity index is 1.73. The van der Waals surface area contributed by atoms with Crippen LogP contribution in [0.3, 0.4) is 0 Å². The molecule has 4 nitrogen and oxygen atoms in total. The summed E-state index contributed by atoms with van der Waals surface area (Å²) in [6.07, 6.45) is 2.38. The minimum atomic E-state index is -0.758. The average Bonchev–Trinajstić information content (AvgIpc) is 2.77. The number of rotatable bonds is 3. The van der Waals surface area contributed by atoms with Crippen molar-refractivity contribution >= 4 is 18.5 Å². The number of likely N-dealkylation sites (tertiary alicyclic amines) is 1. The molecule has 6 heteroatoms. The number of benzene rings is 1. The molecule has 0 aromatic heterocycles. The van der Waals surface area contributed by atoms with E-state index in [2.05, 4.69) is 6.92 Å². The fraction of sp³-hybridized carbons (Fsp3) is 0.650. The molecule has 0 atom stereocenters. The van der Waals surface area contributed by atoms with E-state index in [1.807, 2.05) is 32.6 Å². The van der Waals surface area contributed by atoms with Crippen molar-refractivity contribution < 1.29 is 18.5 Å². The third-order valence-electron chi connectivity index (χ3n) is 6.06. The molecule has 0 bridgehead atoms. The second-order valence-electron chi connectivity index (χ2n) is 8.68. The lowest BCUT2D eigenvalue weighted by molar-refractivity contribution is -0.131. The third-order valence-corrected chi connectivity index (χ3v) is 6.06. The number of hydrogen-bond donors (Lipinski definition) is 0. The van der Waals surface area contributed by atoms with Crippen molar-refractivity contribution in [3.05, 3.63) is 29.6 Å². The summed E-state index contributed by atoms with van der Waals surface area (Å²) < 4.78 is 26.3. The Labute approximate surface area is 156 Å². The fourth-order valence-electron chi connectivity index (χ4n) is 3.40. The zero-order chi connectivity index (χ0) is 19.1. The molecular formula is C20H29BFNO3. The van der Waals surface area contributed by atoms with Crippen molar-refractivity contribution in [3.8, 4) is 0 Å². The standard InChI is InChI=1S/C20H29BFNO3/c1-14-8-10-23(11-9-14)18(24)13-15-6-7-17(22)16(12-15)21-25-19(2,3)20(4,5)26-21/h6-7,12,14H,8-11,13H2,1-5H3. The molecule has 1 aromatic carbocycles. The number of hydrogen-bond acceptors (Lipinski definition) is 3. The second kappa shape index (κ2) is 6.97. The van der Waals surface area contributed by atoms with E-state index >= 15 is 0 Å². The molecule has 2 fully saturated rings. The van der Waals surface area contributed by atoms with E-state index in [0.717, 1.165) is 31.5 Å². The van der Waals surface area contributed by atoms with E-state index in [1.165, 1.54) is 6.07 Å². The van der Waals surface area contributed by atoms with Crippen LogP contribution in [-0.2, 0) is 20.5 Å². The zero-order valence-corrected chi connectivity index (χ0v) is 16.5. The van der Waals surface area contributed by atoms with Gasteiger partial charge >= 0.3 is 7.12 Å². The topological polar surface area (TPSA) is 38.8 Å². The highest BCUT2D eigenvalue weighted by Gasteiger charge is 2.52. The Hall–Kier alpha value is -1.40. The van der Waals surface area contributed by atoms with Crippen LogP contribution in [0.1, 0.15) is 53.0 Å². The van der Waals surface area contributed by atoms with Gasteiger partial charge in [0, 0.05) is 18.6 Å². The number of carbonyl (C=O) groups excluding carboxylic acids is 1. The third kappa shape index (κ3) is 3.81. The normalized spacial score (nSPS) is 22.7. The lowest BCUT2D eigenvalue weighted by atomic mass is 9.77. The Morgan fingerprint density at radius 1 is 1.19 bits per heavy atom. The quantitative estimate of drug-likeness (QED) is 0.777. The van der Waals surface area contributed by atoms with Crippen molar-refractivity contribution in [3.63, 3.8) is 0 Å². The molecule has 0 spiro atoms. The van der Waals surface area contributed by atoms with Crippen LogP contribution in [0.25, 0.3) is 0 Å². The van der Waals surface area contributed by atoms with E-state index in [9.17, 15) is 9.18 Å². The minimum Gasteiger partial charge on any atom is -0.399 e. The minimum absolute atomic E-state index is 0.100. The van der Waals surface area contributed by atoms with Crippen molar-refractivity contribution in [2.75, 3.05) is 13.1 Å². The Morgan fingerprint density at radius 3 is 2.35 bits per heavy atom. The number of nitrogens with zero attached hydrogens (tertiary/aromatic N) is 1. The predicted molar refractivity (Wildman–Crippen MR) is 101 cm³/mol. The molecule has 2 aliphatic heterocycles. The molecule has 0 N–H and O–H groups in total. The first-order valence-electron chi connectivity index (χ1n) is 9.51. The molecular weight excluding hydrogens is 332 g/mol. The Kier molecular flexibility index (Phi) is 5.19. The Bertz CT molecular complexity index is 668. The van der Waals surface area contributed by atoms with Gasteiger partial charge in [-0.05, 0) is 58.1 Å². The van der Waals surface area contributed by atoms with Gasteiger partial charge in [0.2, 0.25) is 5.91 Å². The van der Waals surface area contributed by atoms with Gasteiger partial charge in [0.05, 0.1) is 17.6 Å². The second-order valence-corrected chi connectivity index (χ2v) is 8.68. The summed E-state index contributed by atoms with van der Waals surface area (Å²) in [7, 11) is -0.758. The maximum absolute atomic E-state index is 14.4. The highest BCUT2D eigenvalue weighted by molar-refractivity contribution is 6.62. The van der Waals surface area contributed by atoms with Crippen LogP contribution >= 0.6 is 0 Å². The molecule has 0 unspecified atom stereocenters. The first-order valence-corrected chi connectivity index (χ1v) is 9.51. The lowest BCUT2D eigenvalue weighted by Crippen LogP contribution is -2.41. The van der Waals surface area contributed by atoms with Gasteiger partial charge in [-0.3, -0.25) is 4.79 Å². The van der Waals surface area contributed by atoms with E-state index in [4.69, 9.17) is 9.31 Å². The molecule has 0 radical (unpaired) electrons. The van der Waals surface area contributed by atoms with Gasteiger partial charge in [-0.25, -0.2) is 4.39 Å². The average molecular weight is 361 g/mol. The summed E-state index contributed by atoms with van der Waals surface area (Å²) in [5.41, 5.74) is 0.0989. The van der Waals surface area contributed by atoms with Gasteiger partial charge in [0.15, 0.2) is 0 Å². The van der Waals surface area contributed by atoms with E-state index in [-0.39, 0.29) is 18.1 Å². The first kappa shape index (κ1) is 19.4. The van der Waals surface area contributed by atoms with Crippen LogP contribution in [0, 0.1) is 11.7 Å². The van der Waals surface area contributed by atoms with Crippen molar-refractivity contribution in [1.82, 2.24) is 4.90 Å². The van der Waals surface area contributed by atoms with E-state index in [1.54, 1.807) is 12.1 Å². The predicted octanol–water partition coefficient (Wildman–Crippen LogP) is 2.93. The molecule has 2 aliphatic rings. The summed E-state index contributed by atoms with van der Waals surface area (Å²) in [5.74, 6) is 0.412. The molecule has 2 saturated heterocycles. The maximum Gasteiger partial charge on any atom is 0.497 e. The number of carbonyl (C=O) groups is 1. The van der Waals surface area contributed by atoms with Crippen LogP contribution in [0.4, 0.5) is 4.39 Å². The Morgan fingerprint density at radius 2 is 1.77 bits per heavy atom. The maximum atomic E-state index is 14.4. The van der Waals surface area contributed by atoms with Gasteiger partial charge in [0.25, 0.3) is 0 Å². The highest BCUT2D eigenvalue weighted by Crippen LogP contribution is 2.36. The van der Waals surface area contributed by atoms with Gasteiger partial charge in [-0.15, -0.1) is 0 Å². The van der Waals surface area contributed by atoms with Crippen LogP contribution < -0.4 is 5.46 Å². The molecule has 2 heterocycles. The van der Waals surface area contributed by atoms with Gasteiger partial charge < -0.3 is 14.2 Å². The molecule has 0 aliphatic carbocycles. The number of halogens is 1. The van der Waals surface area contributed by atoms with E-state index < -0.39 is 18.3 Å². The van der Waals surface area contributed by atoms with Crippen LogP contribution in [0.15, 0.2) is 18.2 Å². The zero-order valence-electron chi connectivity index (χ0n) is 16.5. The molecule has 26 heavy (non-hydrogen) atoms. The van der Waals surface area contributed by atoms with Crippen molar-refractivity contribution in [2.24, 2.45) is 5.92 Å². The molecule has 1 amide bonds. The summed E-state index contributed by atoms with van der Waals surface area (Å²) in [5, 5.41) is 0. The van der Waals surface area contributed by atoms with Crippen molar-refractivity contribution in [1.29, 1.82) is 0 Å². The number of amides is 1. The van der Waals surface area contributed by atoms with Gasteiger partial charge in [-0.1, -0.05) is 19.1 Å². The lowest BCUT2D eigenvalue weighted by Gasteiger charge is -2.32. The largest absolute Gasteiger partial charge is 0.497 e. The monoisotopic (exact) mass is 361 g/mol. The first-order chi connectivity index (χ1) is 12.1. The van der Waals surface area contributed by atoms with Crippen LogP contribution in [-0.4, -0.2) is 42.2 Å². The molecule has 142 valence electrons. The van der Waals surface area contributed by atoms with Crippen LogP contribution in [0.5, 0.6) is 0 Å². The summed E-state index contributed by atoms with van der Waals surface area (Å²) in [6.45, 7) is 11.6. The smallest absolute Gasteiger partial charge is 0.399 e. The SMILES string of the molecule is CC1CCN(C(=O)Cc2ccc(F)c(B3OC(C)(C)C(C)(C)O3)c2)CC1. The van der Waals surface area contributed by atoms with Gasteiger partial charge in [0.1, 0.15) is 5.82 Å². The molecule has 0 saturated carbocycles. The number of piperidine rings is 1. The van der Waals surface area contributed by atoms with Crippen molar-refractivity contribution in [2.45, 2.75) is 65.1 Å². The summed E-state index contributed by atoms with van der Waals surface area (Å²) in [4.78, 5) is 14.5. The summed E-state index contributed by atoms with van der Waals surface area (Å²) >= 11 is 0. The summed E-state index contributed by atoms with van der Waals surface area (Å²) in [6, 6.07) is 4.79. The molecule has 3 rings (SSSR count). The van der Waals surface area contributed by atoms with E-state index in [0.29, 0.717) is 11.4 Å².